The van der Waals surface area contributed by atoms with Crippen LogP contribution in [-0.2, 0) is 9.59 Å². The highest BCUT2D eigenvalue weighted by molar-refractivity contribution is 9.10. The number of rotatable bonds is 3. The molecule has 2 saturated heterocycles. The number of anilines is 1. The molecule has 0 saturated carbocycles. The number of carbonyl (C=O) groups excluding carboxylic acids is 3. The van der Waals surface area contributed by atoms with Crippen LogP contribution in [0.5, 0.6) is 0 Å². The summed E-state index contributed by atoms with van der Waals surface area (Å²) in [4.78, 5) is 42.4. The van der Waals surface area contributed by atoms with Gasteiger partial charge >= 0.3 is 0 Å². The Bertz CT molecular complexity index is 1390. The van der Waals surface area contributed by atoms with Crippen LogP contribution in [0, 0.1) is 17.7 Å². The quantitative estimate of drug-likeness (QED) is 0.382. The van der Waals surface area contributed by atoms with Gasteiger partial charge in [0.25, 0.3) is 0 Å². The molecule has 0 N–H and O–H groups in total. The largest absolute Gasteiger partial charge is 0.292 e. The lowest BCUT2D eigenvalue weighted by Gasteiger charge is -2.33. The first-order valence-electron chi connectivity index (χ1n) is 10.8. The number of hydrazone groups is 1. The average molecular weight is 518 g/mol. The first-order valence-corrected chi connectivity index (χ1v) is 11.6. The molecule has 2 fully saturated rings. The standard InChI is InChI=1S/C26H17BrFN3O3/c27-16-5-3-6-18(12-16)30-25(33)20-21(26(30)34)23(24(32)14-8-10-17(28)11-9-14)31-22(20)19-7-2-1-4-15(19)13-29-31/h1-13,20-23H/t20-,21+,22+,23-/m0/s1. The third-order valence-electron chi connectivity index (χ3n) is 6.76. The van der Waals surface area contributed by atoms with E-state index in [0.717, 1.165) is 15.6 Å². The number of Topliss-reactive ketones (excluding diaryl/α,β-unsaturated/α-hetero) is 1. The van der Waals surface area contributed by atoms with E-state index in [9.17, 15) is 18.8 Å². The zero-order valence-corrected chi connectivity index (χ0v) is 19.2. The zero-order valence-electron chi connectivity index (χ0n) is 17.6. The third-order valence-corrected chi connectivity index (χ3v) is 7.25. The normalized spacial score (nSPS) is 24.8. The van der Waals surface area contributed by atoms with Crippen LogP contribution in [0.4, 0.5) is 10.1 Å². The zero-order chi connectivity index (χ0) is 23.6. The van der Waals surface area contributed by atoms with Gasteiger partial charge in [-0.25, -0.2) is 9.29 Å². The number of halogens is 2. The van der Waals surface area contributed by atoms with E-state index in [0.29, 0.717) is 5.69 Å². The molecule has 8 heteroatoms. The van der Waals surface area contributed by atoms with E-state index >= 15 is 0 Å². The van der Waals surface area contributed by atoms with Crippen LogP contribution in [0.3, 0.4) is 0 Å². The summed E-state index contributed by atoms with van der Waals surface area (Å²) in [5.74, 6) is -3.32. The molecule has 3 aliphatic rings. The first-order chi connectivity index (χ1) is 16.5. The molecule has 0 bridgehead atoms. The van der Waals surface area contributed by atoms with Gasteiger partial charge < -0.3 is 0 Å². The van der Waals surface area contributed by atoms with Crippen molar-refractivity contribution in [1.29, 1.82) is 0 Å². The highest BCUT2D eigenvalue weighted by Gasteiger charge is 2.65. The van der Waals surface area contributed by atoms with Crippen molar-refractivity contribution in [1.82, 2.24) is 5.01 Å². The van der Waals surface area contributed by atoms with Crippen molar-refractivity contribution in [2.24, 2.45) is 16.9 Å². The Morgan fingerprint density at radius 1 is 0.912 bits per heavy atom. The molecule has 34 heavy (non-hydrogen) atoms. The molecule has 3 aromatic carbocycles. The number of imide groups is 1. The second kappa shape index (κ2) is 7.70. The number of hydrogen-bond acceptors (Lipinski definition) is 5. The molecule has 0 spiro atoms. The Labute approximate surface area is 202 Å². The van der Waals surface area contributed by atoms with Crippen LogP contribution in [0.25, 0.3) is 0 Å². The van der Waals surface area contributed by atoms with Crippen LogP contribution in [0.2, 0.25) is 0 Å². The molecule has 0 radical (unpaired) electrons. The van der Waals surface area contributed by atoms with Gasteiger partial charge in [-0.2, -0.15) is 5.10 Å². The molecule has 3 aromatic rings. The van der Waals surface area contributed by atoms with E-state index in [-0.39, 0.29) is 17.3 Å². The SMILES string of the molecule is O=C(c1ccc(F)cc1)[C@@H]1[C@@H]2C(=O)N(c3cccc(Br)c3)C(=O)[C@@H]2[C@H]2c3ccccc3C=NN12. The highest BCUT2D eigenvalue weighted by atomic mass is 79.9. The van der Waals surface area contributed by atoms with Gasteiger partial charge in [-0.05, 0) is 53.6 Å². The lowest BCUT2D eigenvalue weighted by atomic mass is 9.83. The summed E-state index contributed by atoms with van der Waals surface area (Å²) in [7, 11) is 0. The molecule has 3 aliphatic heterocycles. The first kappa shape index (κ1) is 20.9. The van der Waals surface area contributed by atoms with Crippen molar-refractivity contribution in [3.8, 4) is 0 Å². The minimum Gasteiger partial charge on any atom is -0.292 e. The summed E-state index contributed by atoms with van der Waals surface area (Å²) in [5, 5.41) is 6.12. The molecular weight excluding hydrogens is 501 g/mol. The molecule has 2 amide bonds. The summed E-state index contributed by atoms with van der Waals surface area (Å²) in [6.07, 6.45) is 1.65. The van der Waals surface area contributed by atoms with Crippen molar-refractivity contribution in [3.63, 3.8) is 0 Å². The predicted molar refractivity (Wildman–Crippen MR) is 127 cm³/mol. The molecule has 0 aliphatic carbocycles. The molecule has 6 nitrogen and oxygen atoms in total. The second-order valence-corrected chi connectivity index (χ2v) is 9.47. The van der Waals surface area contributed by atoms with Crippen LogP contribution in [-0.4, -0.2) is 34.9 Å². The summed E-state index contributed by atoms with van der Waals surface area (Å²) in [6.45, 7) is 0. The molecule has 168 valence electrons. The highest BCUT2D eigenvalue weighted by Crippen LogP contribution is 2.53. The number of ketones is 1. The van der Waals surface area contributed by atoms with E-state index in [2.05, 4.69) is 21.0 Å². The Morgan fingerprint density at radius 3 is 2.41 bits per heavy atom. The van der Waals surface area contributed by atoms with E-state index < -0.39 is 35.6 Å². The monoisotopic (exact) mass is 517 g/mol. The van der Waals surface area contributed by atoms with Crippen molar-refractivity contribution >= 4 is 45.4 Å². The summed E-state index contributed by atoms with van der Waals surface area (Å²) in [5.41, 5.74) is 2.41. The van der Waals surface area contributed by atoms with Gasteiger partial charge in [-0.1, -0.05) is 46.3 Å². The van der Waals surface area contributed by atoms with Crippen molar-refractivity contribution < 1.29 is 18.8 Å². The van der Waals surface area contributed by atoms with Crippen molar-refractivity contribution in [2.45, 2.75) is 12.1 Å². The van der Waals surface area contributed by atoms with Crippen molar-refractivity contribution in [2.75, 3.05) is 4.90 Å². The summed E-state index contributed by atoms with van der Waals surface area (Å²) in [6, 6.07) is 18.2. The maximum absolute atomic E-state index is 13.8. The Hall–Kier alpha value is -3.65. The number of benzene rings is 3. The number of hydrogen-bond donors (Lipinski definition) is 0. The fourth-order valence-corrected chi connectivity index (χ4v) is 5.71. The third kappa shape index (κ3) is 2.98. The molecule has 6 rings (SSSR count). The van der Waals surface area contributed by atoms with Gasteiger partial charge in [0.05, 0.1) is 29.8 Å². The number of nitrogens with zero attached hydrogens (tertiary/aromatic N) is 3. The maximum Gasteiger partial charge on any atom is 0.240 e. The number of amides is 2. The van der Waals surface area contributed by atoms with Crippen LogP contribution >= 0.6 is 15.9 Å². The second-order valence-electron chi connectivity index (χ2n) is 8.56. The fourth-order valence-electron chi connectivity index (χ4n) is 5.32. The molecule has 4 atom stereocenters. The molecule has 0 unspecified atom stereocenters. The number of carbonyl (C=O) groups is 3. The Kier molecular flexibility index (Phi) is 4.74. The van der Waals surface area contributed by atoms with Gasteiger partial charge in [-0.15, -0.1) is 0 Å². The lowest BCUT2D eigenvalue weighted by molar-refractivity contribution is -0.124. The van der Waals surface area contributed by atoms with Gasteiger partial charge in [0, 0.05) is 10.0 Å². The summed E-state index contributed by atoms with van der Waals surface area (Å²) >= 11 is 3.40. The van der Waals surface area contributed by atoms with Crippen LogP contribution in [0.15, 0.2) is 82.4 Å². The van der Waals surface area contributed by atoms with E-state index in [4.69, 9.17) is 0 Å². The lowest BCUT2D eigenvalue weighted by Crippen LogP contribution is -2.44. The van der Waals surface area contributed by atoms with E-state index in [1.165, 1.54) is 29.2 Å². The molecule has 0 aromatic heterocycles. The average Bonchev–Trinajstić information content (AvgIpc) is 3.31. The van der Waals surface area contributed by atoms with Gasteiger partial charge in [0.1, 0.15) is 11.9 Å². The van der Waals surface area contributed by atoms with E-state index in [1.54, 1.807) is 29.4 Å². The molecular formula is C26H17BrFN3O3. The van der Waals surface area contributed by atoms with Gasteiger partial charge in [0.2, 0.25) is 11.8 Å². The van der Waals surface area contributed by atoms with Gasteiger partial charge in [0.15, 0.2) is 5.78 Å². The minimum absolute atomic E-state index is 0.265. The molecule has 3 heterocycles. The maximum atomic E-state index is 13.8. The topological polar surface area (TPSA) is 70.0 Å². The van der Waals surface area contributed by atoms with Crippen LogP contribution in [0.1, 0.15) is 27.5 Å². The van der Waals surface area contributed by atoms with Crippen LogP contribution < -0.4 is 4.90 Å². The minimum atomic E-state index is -0.987. The smallest absolute Gasteiger partial charge is 0.240 e. The van der Waals surface area contributed by atoms with E-state index in [1.807, 2.05) is 30.3 Å². The summed E-state index contributed by atoms with van der Waals surface area (Å²) < 4.78 is 14.2. The fraction of sp³-hybridized carbons (Fsp3) is 0.154. The predicted octanol–water partition coefficient (Wildman–Crippen LogP) is 4.35. The van der Waals surface area contributed by atoms with Crippen molar-refractivity contribution in [3.05, 3.63) is 99.8 Å². The van der Waals surface area contributed by atoms with Gasteiger partial charge in [-0.3, -0.25) is 19.4 Å². The Morgan fingerprint density at radius 2 is 1.65 bits per heavy atom. The Balaban J connectivity index is 1.50. The number of fused-ring (bicyclic) bond motifs is 5.